The van der Waals surface area contributed by atoms with E-state index in [0.717, 1.165) is 48.4 Å². The SMILES string of the molecule is CCN(CC)CCN1CC(O)(c2csc3ccccc23)c2c(OBr)cccc21. The van der Waals surface area contributed by atoms with Crippen LogP contribution in [-0.4, -0.2) is 42.7 Å². The molecule has 148 valence electrons. The van der Waals surface area contributed by atoms with Crippen molar-refractivity contribution in [3.8, 4) is 5.75 Å². The van der Waals surface area contributed by atoms with Crippen LogP contribution in [0.4, 0.5) is 5.69 Å². The number of halogens is 1. The summed E-state index contributed by atoms with van der Waals surface area (Å²) in [6.45, 7) is 8.79. The molecular weight excluding hydrogens is 436 g/mol. The van der Waals surface area contributed by atoms with Gasteiger partial charge in [0, 0.05) is 29.0 Å². The average Bonchev–Trinajstić information content (AvgIpc) is 3.29. The van der Waals surface area contributed by atoms with E-state index in [4.69, 9.17) is 3.83 Å². The number of likely N-dealkylation sites (N-methyl/N-ethyl adjacent to an activating group) is 1. The molecule has 1 unspecified atom stereocenters. The second-order valence-corrected chi connectivity index (χ2v) is 8.42. The molecule has 1 atom stereocenters. The number of β-amino-alcohol motifs (C(OH)–C–C–N with tert-alkyl or cyclic N) is 1. The Morgan fingerprint density at radius 1 is 1.18 bits per heavy atom. The van der Waals surface area contributed by atoms with Crippen molar-refractivity contribution < 1.29 is 8.93 Å². The van der Waals surface area contributed by atoms with Crippen molar-refractivity contribution in [2.45, 2.75) is 19.4 Å². The van der Waals surface area contributed by atoms with Gasteiger partial charge in [-0.05, 0) is 42.1 Å². The lowest BCUT2D eigenvalue weighted by atomic mass is 9.87. The van der Waals surface area contributed by atoms with Crippen molar-refractivity contribution in [2.24, 2.45) is 0 Å². The van der Waals surface area contributed by atoms with Crippen molar-refractivity contribution >= 4 is 43.4 Å². The van der Waals surface area contributed by atoms with Gasteiger partial charge < -0.3 is 18.7 Å². The van der Waals surface area contributed by atoms with E-state index in [-0.39, 0.29) is 0 Å². The monoisotopic (exact) mass is 460 g/mol. The molecule has 4 rings (SSSR count). The number of benzene rings is 2. The third-order valence-electron chi connectivity index (χ3n) is 5.77. The van der Waals surface area contributed by atoms with Gasteiger partial charge in [-0.3, -0.25) is 0 Å². The highest BCUT2D eigenvalue weighted by molar-refractivity contribution is 9.06. The number of thiophene rings is 1. The number of anilines is 1. The second kappa shape index (κ2) is 8.03. The van der Waals surface area contributed by atoms with Crippen LogP contribution in [0.3, 0.4) is 0 Å². The van der Waals surface area contributed by atoms with E-state index in [1.54, 1.807) is 11.3 Å². The molecule has 0 radical (unpaired) electrons. The molecule has 6 heteroatoms. The molecule has 1 aliphatic heterocycles. The Kier molecular flexibility index (Phi) is 5.65. The molecular formula is C22H25BrN2O2S. The zero-order valence-corrected chi connectivity index (χ0v) is 18.6. The van der Waals surface area contributed by atoms with Gasteiger partial charge in [0.05, 0.1) is 12.1 Å². The van der Waals surface area contributed by atoms with Crippen LogP contribution in [0.25, 0.3) is 10.1 Å². The average molecular weight is 461 g/mol. The molecule has 0 bridgehead atoms. The molecule has 4 nitrogen and oxygen atoms in total. The molecule has 1 aliphatic rings. The maximum Gasteiger partial charge on any atom is 0.179 e. The Bertz CT molecular complexity index is 972. The molecule has 28 heavy (non-hydrogen) atoms. The first-order chi connectivity index (χ1) is 13.6. The first-order valence-electron chi connectivity index (χ1n) is 9.70. The summed E-state index contributed by atoms with van der Waals surface area (Å²) in [6, 6.07) is 14.2. The van der Waals surface area contributed by atoms with Crippen molar-refractivity contribution in [2.75, 3.05) is 37.6 Å². The van der Waals surface area contributed by atoms with E-state index in [0.29, 0.717) is 12.3 Å². The molecule has 0 saturated heterocycles. The van der Waals surface area contributed by atoms with Crippen molar-refractivity contribution in [1.82, 2.24) is 4.90 Å². The van der Waals surface area contributed by atoms with Gasteiger partial charge in [-0.2, -0.15) is 0 Å². The topological polar surface area (TPSA) is 35.9 Å². The number of hydrogen-bond acceptors (Lipinski definition) is 5. The highest BCUT2D eigenvalue weighted by atomic mass is 79.9. The summed E-state index contributed by atoms with van der Waals surface area (Å²) in [5, 5.41) is 15.2. The van der Waals surface area contributed by atoms with Gasteiger partial charge in [-0.1, -0.05) is 38.1 Å². The van der Waals surface area contributed by atoms with E-state index >= 15 is 0 Å². The minimum Gasteiger partial charge on any atom is -0.418 e. The van der Waals surface area contributed by atoms with Gasteiger partial charge in [0.15, 0.2) is 16.3 Å². The summed E-state index contributed by atoms with van der Waals surface area (Å²) in [6.07, 6.45) is 0. The van der Waals surface area contributed by atoms with Crippen molar-refractivity contribution in [1.29, 1.82) is 0 Å². The lowest BCUT2D eigenvalue weighted by Gasteiger charge is -2.27. The van der Waals surface area contributed by atoms with Gasteiger partial charge in [-0.25, -0.2) is 0 Å². The summed E-state index contributed by atoms with van der Waals surface area (Å²) < 4.78 is 6.68. The molecule has 0 aliphatic carbocycles. The third kappa shape index (κ3) is 3.22. The highest BCUT2D eigenvalue weighted by Gasteiger charge is 2.46. The Balaban J connectivity index is 1.79. The Labute approximate surface area is 178 Å². The van der Waals surface area contributed by atoms with Crippen LogP contribution in [0, 0.1) is 0 Å². The number of hydrogen-bond donors (Lipinski definition) is 1. The van der Waals surface area contributed by atoms with Crippen LogP contribution < -0.4 is 8.73 Å². The molecule has 0 amide bonds. The zero-order valence-electron chi connectivity index (χ0n) is 16.2. The molecule has 3 aromatic rings. The fraction of sp³-hybridized carbons (Fsp3) is 0.364. The second-order valence-electron chi connectivity index (χ2n) is 7.18. The van der Waals surface area contributed by atoms with Gasteiger partial charge in [0.2, 0.25) is 0 Å². The predicted molar refractivity (Wildman–Crippen MR) is 121 cm³/mol. The molecule has 0 spiro atoms. The first kappa shape index (κ1) is 19.7. The Morgan fingerprint density at radius 2 is 1.96 bits per heavy atom. The zero-order chi connectivity index (χ0) is 19.7. The fourth-order valence-corrected chi connectivity index (χ4v) is 5.52. The number of nitrogens with zero attached hydrogens (tertiary/aromatic N) is 2. The summed E-state index contributed by atoms with van der Waals surface area (Å²) >= 11 is 4.82. The van der Waals surface area contributed by atoms with E-state index < -0.39 is 5.60 Å². The van der Waals surface area contributed by atoms with Crippen molar-refractivity contribution in [3.05, 3.63) is 59.0 Å². The summed E-state index contributed by atoms with van der Waals surface area (Å²) in [5.41, 5.74) is 1.73. The largest absolute Gasteiger partial charge is 0.418 e. The molecule has 0 fully saturated rings. The van der Waals surface area contributed by atoms with E-state index in [9.17, 15) is 5.11 Å². The number of aliphatic hydroxyl groups is 1. The molecule has 2 aromatic carbocycles. The summed E-state index contributed by atoms with van der Waals surface area (Å²) in [7, 11) is 0. The van der Waals surface area contributed by atoms with E-state index in [2.05, 4.69) is 63.5 Å². The van der Waals surface area contributed by atoms with Gasteiger partial charge in [-0.15, -0.1) is 11.3 Å². The Hall–Kier alpha value is -1.60. The maximum atomic E-state index is 12.0. The lowest BCUT2D eigenvalue weighted by molar-refractivity contribution is 0.0982. The lowest BCUT2D eigenvalue weighted by Crippen LogP contribution is -2.38. The summed E-state index contributed by atoms with van der Waals surface area (Å²) in [4.78, 5) is 4.69. The van der Waals surface area contributed by atoms with E-state index in [1.807, 2.05) is 24.3 Å². The molecule has 1 N–H and O–H groups in total. The van der Waals surface area contributed by atoms with Crippen LogP contribution in [0.2, 0.25) is 0 Å². The van der Waals surface area contributed by atoms with E-state index in [1.165, 1.54) is 4.70 Å². The quantitative estimate of drug-likeness (QED) is 0.538. The van der Waals surface area contributed by atoms with Crippen LogP contribution in [0.1, 0.15) is 25.0 Å². The smallest absolute Gasteiger partial charge is 0.179 e. The first-order valence-corrected chi connectivity index (χ1v) is 11.2. The highest BCUT2D eigenvalue weighted by Crippen LogP contribution is 2.50. The third-order valence-corrected chi connectivity index (χ3v) is 7.08. The number of rotatable bonds is 7. The number of fused-ring (bicyclic) bond motifs is 2. The predicted octanol–water partition coefficient (Wildman–Crippen LogP) is 4.99. The molecule has 1 aromatic heterocycles. The van der Waals surface area contributed by atoms with Crippen molar-refractivity contribution in [3.63, 3.8) is 0 Å². The van der Waals surface area contributed by atoms with Gasteiger partial charge in [0.1, 0.15) is 11.4 Å². The standard InChI is InChI=1S/C22H25BrN2O2S/c1-3-24(4-2)12-13-25-15-22(26,21-18(25)9-7-10-19(21)27-23)17-14-28-20-11-6-5-8-16(17)20/h5-11,14,26H,3-4,12-13,15H2,1-2H3. The summed E-state index contributed by atoms with van der Waals surface area (Å²) in [5.74, 6) is 0.667. The Morgan fingerprint density at radius 3 is 2.71 bits per heavy atom. The normalized spacial score (nSPS) is 18.8. The van der Waals surface area contributed by atoms with Crippen LogP contribution in [0.15, 0.2) is 47.8 Å². The minimum atomic E-state index is -1.11. The van der Waals surface area contributed by atoms with Crippen LogP contribution in [-0.2, 0) is 5.60 Å². The molecule has 0 saturated carbocycles. The van der Waals surface area contributed by atoms with Gasteiger partial charge >= 0.3 is 0 Å². The molecule has 2 heterocycles. The fourth-order valence-electron chi connectivity index (χ4n) is 4.22. The van der Waals surface area contributed by atoms with Crippen LogP contribution >= 0.6 is 27.6 Å². The maximum absolute atomic E-state index is 12.0. The minimum absolute atomic E-state index is 0.525. The van der Waals surface area contributed by atoms with Crippen LogP contribution in [0.5, 0.6) is 5.75 Å². The van der Waals surface area contributed by atoms with Gasteiger partial charge in [0.25, 0.3) is 0 Å².